The van der Waals surface area contributed by atoms with E-state index in [1.165, 1.54) is 19.1 Å². The van der Waals surface area contributed by atoms with E-state index < -0.39 is 17.7 Å². The Morgan fingerprint density at radius 3 is 2.26 bits per heavy atom. The van der Waals surface area contributed by atoms with Crippen LogP contribution in [0.4, 0.5) is 5.69 Å². The fourth-order valence-electron chi connectivity index (χ4n) is 3.93. The fraction of sp³-hybridized carbons (Fsp3) is 0.154. The van der Waals surface area contributed by atoms with Crippen molar-refractivity contribution in [2.24, 2.45) is 0 Å². The van der Waals surface area contributed by atoms with Gasteiger partial charge in [-0.15, -0.1) is 0 Å². The largest absolute Gasteiger partial charge is 0.507 e. The fourth-order valence-corrected chi connectivity index (χ4v) is 4.23. The van der Waals surface area contributed by atoms with Crippen molar-refractivity contribution in [1.82, 2.24) is 0 Å². The molecule has 1 fully saturated rings. The summed E-state index contributed by atoms with van der Waals surface area (Å²) in [4.78, 5) is 27.9. The molecule has 3 aromatic carbocycles. The van der Waals surface area contributed by atoms with Crippen molar-refractivity contribution in [3.8, 4) is 11.5 Å². The number of anilines is 1. The third-order valence-electron chi connectivity index (χ3n) is 5.73. The van der Waals surface area contributed by atoms with Gasteiger partial charge in [-0.05, 0) is 54.4 Å². The average Bonchev–Trinajstić information content (AvgIpc) is 3.10. The Morgan fingerprint density at radius 2 is 1.65 bits per heavy atom. The SMILES string of the molecule is COc1ccc(/C(O)=C2/C(=O)C(=O)N(c3ccc(C)c(Cl)c3)C2c2ccc(Cl)cc2)c(OC)c1. The smallest absolute Gasteiger partial charge is 0.300 e. The first kappa shape index (κ1) is 23.7. The molecule has 1 heterocycles. The summed E-state index contributed by atoms with van der Waals surface area (Å²) in [5.41, 5.74) is 2.02. The average molecular weight is 498 g/mol. The Labute approximate surface area is 206 Å². The van der Waals surface area contributed by atoms with Crippen LogP contribution in [0.3, 0.4) is 0 Å². The molecule has 0 aromatic heterocycles. The molecule has 3 aromatic rings. The van der Waals surface area contributed by atoms with E-state index in [2.05, 4.69) is 0 Å². The Balaban J connectivity index is 1.97. The number of carbonyl (C=O) groups is 2. The minimum absolute atomic E-state index is 0.0764. The highest BCUT2D eigenvalue weighted by Crippen LogP contribution is 2.44. The molecule has 34 heavy (non-hydrogen) atoms. The molecule has 1 aliphatic rings. The summed E-state index contributed by atoms with van der Waals surface area (Å²) in [5, 5.41) is 12.3. The quantitative estimate of drug-likeness (QED) is 0.268. The number of Topliss-reactive ketones (excluding diaryl/α,β-unsaturated/α-hetero) is 1. The summed E-state index contributed by atoms with van der Waals surface area (Å²) in [5.74, 6) is -1.17. The highest BCUT2D eigenvalue weighted by molar-refractivity contribution is 6.52. The number of aliphatic hydroxyl groups is 1. The maximum atomic E-state index is 13.3. The number of hydrogen-bond donors (Lipinski definition) is 1. The van der Waals surface area contributed by atoms with E-state index in [-0.39, 0.29) is 22.6 Å². The van der Waals surface area contributed by atoms with Crippen molar-refractivity contribution in [3.63, 3.8) is 0 Å². The molecule has 0 spiro atoms. The normalized spacial score (nSPS) is 17.2. The number of aryl methyl sites for hydroxylation is 1. The number of carbonyl (C=O) groups excluding carboxylic acids is 2. The van der Waals surface area contributed by atoms with Crippen molar-refractivity contribution in [2.45, 2.75) is 13.0 Å². The first-order valence-electron chi connectivity index (χ1n) is 10.3. The molecule has 0 radical (unpaired) electrons. The maximum Gasteiger partial charge on any atom is 0.300 e. The van der Waals surface area contributed by atoms with Gasteiger partial charge in [0.15, 0.2) is 0 Å². The van der Waals surface area contributed by atoms with Gasteiger partial charge in [-0.1, -0.05) is 41.4 Å². The van der Waals surface area contributed by atoms with Gasteiger partial charge in [0.1, 0.15) is 17.3 Å². The lowest BCUT2D eigenvalue weighted by Gasteiger charge is -2.26. The topological polar surface area (TPSA) is 76.1 Å². The highest BCUT2D eigenvalue weighted by atomic mass is 35.5. The van der Waals surface area contributed by atoms with Crippen LogP contribution in [0.15, 0.2) is 66.2 Å². The first-order valence-corrected chi connectivity index (χ1v) is 11.1. The number of halogens is 2. The molecule has 0 saturated carbocycles. The number of ketones is 1. The summed E-state index contributed by atoms with van der Waals surface area (Å²) < 4.78 is 10.6. The van der Waals surface area contributed by atoms with Crippen LogP contribution in [0.2, 0.25) is 10.0 Å². The van der Waals surface area contributed by atoms with Crippen LogP contribution >= 0.6 is 23.2 Å². The van der Waals surface area contributed by atoms with Gasteiger partial charge in [0.2, 0.25) is 0 Å². The molecular weight excluding hydrogens is 477 g/mol. The van der Waals surface area contributed by atoms with Gasteiger partial charge in [-0.3, -0.25) is 14.5 Å². The van der Waals surface area contributed by atoms with E-state index in [4.69, 9.17) is 32.7 Å². The zero-order valence-electron chi connectivity index (χ0n) is 18.6. The monoisotopic (exact) mass is 497 g/mol. The van der Waals surface area contributed by atoms with E-state index in [0.717, 1.165) is 5.56 Å². The van der Waals surface area contributed by atoms with Crippen LogP contribution in [0, 0.1) is 6.92 Å². The lowest BCUT2D eigenvalue weighted by atomic mass is 9.94. The number of amides is 1. The van der Waals surface area contributed by atoms with Gasteiger partial charge >= 0.3 is 0 Å². The van der Waals surface area contributed by atoms with Crippen LogP contribution in [0.1, 0.15) is 22.7 Å². The summed E-state index contributed by atoms with van der Waals surface area (Å²) in [7, 11) is 2.95. The molecule has 0 aliphatic carbocycles. The second kappa shape index (κ2) is 9.41. The second-order valence-electron chi connectivity index (χ2n) is 7.72. The number of methoxy groups -OCH3 is 2. The van der Waals surface area contributed by atoms with Gasteiger partial charge in [-0.2, -0.15) is 0 Å². The number of aliphatic hydroxyl groups excluding tert-OH is 1. The summed E-state index contributed by atoms with van der Waals surface area (Å²) >= 11 is 12.4. The summed E-state index contributed by atoms with van der Waals surface area (Å²) in [6, 6.07) is 15.7. The van der Waals surface area contributed by atoms with Gasteiger partial charge in [0.05, 0.1) is 31.4 Å². The molecule has 1 N–H and O–H groups in total. The van der Waals surface area contributed by atoms with Crippen LogP contribution < -0.4 is 14.4 Å². The zero-order valence-corrected chi connectivity index (χ0v) is 20.1. The van der Waals surface area contributed by atoms with E-state index in [1.54, 1.807) is 60.7 Å². The van der Waals surface area contributed by atoms with Gasteiger partial charge in [-0.25, -0.2) is 0 Å². The van der Waals surface area contributed by atoms with E-state index in [1.807, 2.05) is 6.92 Å². The predicted octanol–water partition coefficient (Wildman–Crippen LogP) is 5.95. The Kier molecular flexibility index (Phi) is 6.55. The minimum atomic E-state index is -0.914. The van der Waals surface area contributed by atoms with Crippen molar-refractivity contribution >= 4 is 46.3 Å². The standard InChI is InChI=1S/C26H21Cl2NO5/c1-14-4-9-17(12-20(14)28)29-23(15-5-7-16(27)8-6-15)22(25(31)26(29)32)24(30)19-11-10-18(33-2)13-21(19)34-3/h4-13,23,30H,1-3H3/b24-22-. The molecule has 4 rings (SSSR count). The van der Waals surface area contributed by atoms with Crippen molar-refractivity contribution in [1.29, 1.82) is 0 Å². The molecule has 8 heteroatoms. The molecular formula is C26H21Cl2NO5. The van der Waals surface area contributed by atoms with Crippen molar-refractivity contribution in [3.05, 3.63) is 93.0 Å². The summed E-state index contributed by atoms with van der Waals surface area (Å²) in [6.07, 6.45) is 0. The minimum Gasteiger partial charge on any atom is -0.507 e. The van der Waals surface area contributed by atoms with E-state index in [9.17, 15) is 14.7 Å². The van der Waals surface area contributed by atoms with Crippen LogP contribution in [-0.4, -0.2) is 31.0 Å². The number of rotatable bonds is 5. The predicted molar refractivity (Wildman–Crippen MR) is 132 cm³/mol. The summed E-state index contributed by atoms with van der Waals surface area (Å²) in [6.45, 7) is 1.84. The second-order valence-corrected chi connectivity index (χ2v) is 8.56. The molecule has 1 aliphatic heterocycles. The number of nitrogens with zero attached hydrogens (tertiary/aromatic N) is 1. The molecule has 1 atom stereocenters. The van der Waals surface area contributed by atoms with Gasteiger partial charge < -0.3 is 14.6 Å². The van der Waals surface area contributed by atoms with Crippen LogP contribution in [0.25, 0.3) is 5.76 Å². The Bertz CT molecular complexity index is 1320. The van der Waals surface area contributed by atoms with E-state index >= 15 is 0 Å². The molecule has 1 unspecified atom stereocenters. The Hall–Kier alpha value is -3.48. The maximum absolute atomic E-state index is 13.3. The van der Waals surface area contributed by atoms with Crippen molar-refractivity contribution < 1.29 is 24.2 Å². The molecule has 1 amide bonds. The number of ether oxygens (including phenoxy) is 2. The number of hydrogen-bond acceptors (Lipinski definition) is 5. The molecule has 1 saturated heterocycles. The van der Waals surface area contributed by atoms with Crippen molar-refractivity contribution in [2.75, 3.05) is 19.1 Å². The lowest BCUT2D eigenvalue weighted by molar-refractivity contribution is -0.132. The zero-order chi connectivity index (χ0) is 24.6. The molecule has 6 nitrogen and oxygen atoms in total. The third-order valence-corrected chi connectivity index (χ3v) is 6.39. The first-order chi connectivity index (χ1) is 16.3. The Morgan fingerprint density at radius 1 is 0.941 bits per heavy atom. The van der Waals surface area contributed by atoms with Crippen LogP contribution in [0.5, 0.6) is 11.5 Å². The highest BCUT2D eigenvalue weighted by Gasteiger charge is 2.47. The van der Waals surface area contributed by atoms with E-state index in [0.29, 0.717) is 27.0 Å². The lowest BCUT2D eigenvalue weighted by Crippen LogP contribution is -2.29. The molecule has 0 bridgehead atoms. The van der Waals surface area contributed by atoms with Crippen LogP contribution in [-0.2, 0) is 9.59 Å². The van der Waals surface area contributed by atoms with Gasteiger partial charge in [0.25, 0.3) is 11.7 Å². The van der Waals surface area contributed by atoms with Gasteiger partial charge in [0, 0.05) is 21.8 Å². The number of benzene rings is 3. The third kappa shape index (κ3) is 4.11. The molecule has 174 valence electrons.